The lowest BCUT2D eigenvalue weighted by Gasteiger charge is -2.24. The maximum atomic E-state index is 9.60. The van der Waals surface area contributed by atoms with Crippen molar-refractivity contribution in [3.63, 3.8) is 0 Å². The summed E-state index contributed by atoms with van der Waals surface area (Å²) in [6, 6.07) is 0. The van der Waals surface area contributed by atoms with E-state index >= 15 is 0 Å². The van der Waals surface area contributed by atoms with Gasteiger partial charge in [0.05, 0.1) is 6.73 Å². The van der Waals surface area contributed by atoms with Gasteiger partial charge in [-0.2, -0.15) is 0 Å². The predicted molar refractivity (Wildman–Crippen MR) is 58.4 cm³/mol. The lowest BCUT2D eigenvalue weighted by molar-refractivity contribution is -0.138. The normalized spacial score (nSPS) is 17.6. The number of hydrogen-bond donors (Lipinski definition) is 2. The maximum Gasteiger partial charge on any atom is 0.293 e. The number of aliphatic hydroxyl groups is 1. The number of hydrogen-bond acceptors (Lipinski definition) is 5. The molecule has 0 aromatic rings. The largest absolute Gasteiger partial charge is 0.462 e. The highest BCUT2D eigenvalue weighted by molar-refractivity contribution is 5.37. The van der Waals surface area contributed by atoms with Crippen molar-refractivity contribution in [3.8, 4) is 0 Å². The van der Waals surface area contributed by atoms with Gasteiger partial charge in [0.1, 0.15) is 5.60 Å². The molecule has 0 aromatic heterocycles. The number of piperazine rings is 1. The summed E-state index contributed by atoms with van der Waals surface area (Å²) in [5, 5.41) is 11.8. The van der Waals surface area contributed by atoms with Crippen LogP contribution in [0.3, 0.4) is 0 Å². The Hall–Kier alpha value is -0.650. The molecule has 0 amide bonds. The third-order valence-electron chi connectivity index (χ3n) is 1.81. The molecule has 0 saturated carbocycles. The number of nitrogens with one attached hydrogen (secondary N) is 1. The second-order valence-corrected chi connectivity index (χ2v) is 4.34. The summed E-state index contributed by atoms with van der Waals surface area (Å²) in [5.41, 5.74) is -0.318. The van der Waals surface area contributed by atoms with Crippen LogP contribution >= 0.6 is 0 Å². The van der Waals surface area contributed by atoms with Crippen molar-refractivity contribution in [3.05, 3.63) is 0 Å². The van der Waals surface area contributed by atoms with E-state index in [0.717, 1.165) is 26.2 Å². The molecule has 5 nitrogen and oxygen atoms in total. The Kier molecular flexibility index (Phi) is 7.29. The molecule has 0 unspecified atom stereocenters. The third-order valence-corrected chi connectivity index (χ3v) is 1.81. The number of carbonyl (C=O) groups excluding carboxylic acids is 1. The molecule has 0 aliphatic carbocycles. The lowest BCUT2D eigenvalue weighted by Crippen LogP contribution is -2.43. The van der Waals surface area contributed by atoms with Gasteiger partial charge in [-0.05, 0) is 20.8 Å². The number of nitrogens with zero attached hydrogens (tertiary/aromatic N) is 1. The molecular weight excluding hydrogens is 196 g/mol. The minimum atomic E-state index is -0.318. The first-order valence-electron chi connectivity index (χ1n) is 5.15. The van der Waals surface area contributed by atoms with Crippen LogP contribution < -0.4 is 5.32 Å². The zero-order chi connectivity index (χ0) is 11.7. The van der Waals surface area contributed by atoms with Crippen molar-refractivity contribution >= 4 is 6.47 Å². The van der Waals surface area contributed by atoms with E-state index in [-0.39, 0.29) is 12.3 Å². The monoisotopic (exact) mass is 218 g/mol. The van der Waals surface area contributed by atoms with Crippen LogP contribution in [-0.4, -0.2) is 55.0 Å². The molecule has 2 N–H and O–H groups in total. The minimum absolute atomic E-state index is 0.210. The molecule has 1 fully saturated rings. The first-order chi connectivity index (χ1) is 6.99. The Morgan fingerprint density at radius 2 is 1.93 bits per heavy atom. The molecule has 5 heteroatoms. The van der Waals surface area contributed by atoms with Crippen molar-refractivity contribution in [2.24, 2.45) is 0 Å². The second kappa shape index (κ2) is 7.62. The molecule has 0 bridgehead atoms. The Labute approximate surface area is 91.4 Å². The quantitative estimate of drug-likeness (QED) is 0.629. The molecule has 0 atom stereocenters. The smallest absolute Gasteiger partial charge is 0.293 e. The van der Waals surface area contributed by atoms with Crippen molar-refractivity contribution in [2.45, 2.75) is 26.4 Å². The first-order valence-corrected chi connectivity index (χ1v) is 5.15. The Morgan fingerprint density at radius 1 is 1.40 bits per heavy atom. The second-order valence-electron chi connectivity index (χ2n) is 4.34. The summed E-state index contributed by atoms with van der Waals surface area (Å²) in [4.78, 5) is 11.6. The fourth-order valence-corrected chi connectivity index (χ4v) is 0.997. The van der Waals surface area contributed by atoms with Crippen LogP contribution in [0.15, 0.2) is 0 Å². The molecule has 90 valence electrons. The van der Waals surface area contributed by atoms with Crippen molar-refractivity contribution in [1.29, 1.82) is 0 Å². The molecule has 1 aliphatic rings. The molecule has 1 aliphatic heterocycles. The molecular formula is C10H22N2O3. The van der Waals surface area contributed by atoms with Crippen LogP contribution in [0.5, 0.6) is 0 Å². The van der Waals surface area contributed by atoms with Crippen LogP contribution in [0.1, 0.15) is 20.8 Å². The van der Waals surface area contributed by atoms with E-state index in [1.54, 1.807) is 0 Å². The van der Waals surface area contributed by atoms with Crippen LogP contribution in [0.25, 0.3) is 0 Å². The molecule has 0 radical (unpaired) electrons. The molecule has 15 heavy (non-hydrogen) atoms. The van der Waals surface area contributed by atoms with Crippen molar-refractivity contribution in [1.82, 2.24) is 10.2 Å². The summed E-state index contributed by atoms with van der Waals surface area (Å²) >= 11 is 0. The molecule has 1 heterocycles. The van der Waals surface area contributed by atoms with Crippen molar-refractivity contribution < 1.29 is 14.6 Å². The third kappa shape index (κ3) is 9.65. The average Bonchev–Trinajstić information content (AvgIpc) is 2.18. The highest BCUT2D eigenvalue weighted by Crippen LogP contribution is 2.02. The van der Waals surface area contributed by atoms with Gasteiger partial charge < -0.3 is 15.2 Å². The summed E-state index contributed by atoms with van der Waals surface area (Å²) in [6.45, 7) is 10.1. The van der Waals surface area contributed by atoms with E-state index in [1.807, 2.05) is 25.7 Å². The average molecular weight is 218 g/mol. The Balaban J connectivity index is 0.000000265. The Morgan fingerprint density at radius 3 is 2.13 bits per heavy atom. The number of rotatable bonds is 2. The van der Waals surface area contributed by atoms with Gasteiger partial charge in [-0.3, -0.25) is 9.69 Å². The van der Waals surface area contributed by atoms with Crippen LogP contribution in [0.2, 0.25) is 0 Å². The number of carbonyl (C=O) groups is 1. The maximum absolute atomic E-state index is 9.60. The number of aliphatic hydroxyl groups excluding tert-OH is 1. The van der Waals surface area contributed by atoms with E-state index < -0.39 is 0 Å². The SMILES string of the molecule is CC(C)(C)OC=O.OCN1CCNCC1. The summed E-state index contributed by atoms with van der Waals surface area (Å²) < 4.78 is 4.55. The highest BCUT2D eigenvalue weighted by Gasteiger charge is 2.07. The van der Waals surface area contributed by atoms with E-state index in [4.69, 9.17) is 5.11 Å². The van der Waals surface area contributed by atoms with Gasteiger partial charge in [-0.1, -0.05) is 0 Å². The van der Waals surface area contributed by atoms with Gasteiger partial charge >= 0.3 is 0 Å². The fraction of sp³-hybridized carbons (Fsp3) is 0.900. The summed E-state index contributed by atoms with van der Waals surface area (Å²) in [6.07, 6.45) is 0. The summed E-state index contributed by atoms with van der Waals surface area (Å²) in [7, 11) is 0. The standard InChI is InChI=1S/C5H12N2O.C5H10O2/c8-5-7-3-1-6-2-4-7;1-5(2,3)7-4-6/h6,8H,1-5H2;4H,1-3H3. The lowest BCUT2D eigenvalue weighted by atomic mass is 10.2. The van der Waals surface area contributed by atoms with E-state index in [1.165, 1.54) is 0 Å². The summed E-state index contributed by atoms with van der Waals surface area (Å²) in [5.74, 6) is 0. The minimum Gasteiger partial charge on any atom is -0.462 e. The van der Waals surface area contributed by atoms with Crippen LogP contribution in [0.4, 0.5) is 0 Å². The van der Waals surface area contributed by atoms with Crippen molar-refractivity contribution in [2.75, 3.05) is 32.9 Å². The van der Waals surface area contributed by atoms with Gasteiger partial charge in [0.25, 0.3) is 6.47 Å². The first kappa shape index (κ1) is 14.3. The van der Waals surface area contributed by atoms with E-state index in [2.05, 4.69) is 10.1 Å². The number of ether oxygens (including phenoxy) is 1. The van der Waals surface area contributed by atoms with Crippen LogP contribution in [-0.2, 0) is 9.53 Å². The van der Waals surface area contributed by atoms with Gasteiger partial charge in [-0.25, -0.2) is 0 Å². The van der Waals surface area contributed by atoms with Crippen LogP contribution in [0, 0.1) is 0 Å². The molecule has 0 spiro atoms. The molecule has 1 saturated heterocycles. The fourth-order valence-electron chi connectivity index (χ4n) is 0.997. The van der Waals surface area contributed by atoms with Gasteiger partial charge in [0.2, 0.25) is 0 Å². The predicted octanol–water partition coefficient (Wildman–Crippen LogP) is -0.201. The van der Waals surface area contributed by atoms with Gasteiger partial charge in [-0.15, -0.1) is 0 Å². The molecule has 1 rings (SSSR count). The topological polar surface area (TPSA) is 61.8 Å². The highest BCUT2D eigenvalue weighted by atomic mass is 16.5. The zero-order valence-corrected chi connectivity index (χ0v) is 9.82. The Bertz CT molecular complexity index is 163. The van der Waals surface area contributed by atoms with Gasteiger partial charge in [0.15, 0.2) is 0 Å². The van der Waals surface area contributed by atoms with Gasteiger partial charge in [0, 0.05) is 26.2 Å². The molecule has 0 aromatic carbocycles. The van der Waals surface area contributed by atoms with E-state index in [0.29, 0.717) is 6.47 Å². The zero-order valence-electron chi connectivity index (χ0n) is 9.82. The van der Waals surface area contributed by atoms with E-state index in [9.17, 15) is 4.79 Å².